The molecule has 15 heavy (non-hydrogen) atoms. The zero-order valence-electron chi connectivity index (χ0n) is 8.96. The molecule has 3 nitrogen and oxygen atoms in total. The average Bonchev–Trinajstić information content (AvgIpc) is 2.14. The van der Waals surface area contributed by atoms with Crippen molar-refractivity contribution in [1.82, 2.24) is 0 Å². The van der Waals surface area contributed by atoms with Crippen LogP contribution in [0.2, 0.25) is 0 Å². The molecule has 4 heteroatoms. The standard InChI is InChI=1S/C11H13O3P/c1-7-4-8(2)11(9(3)5-7)15(14)10(13)6-12/h4-6,15H,1-3H3. The van der Waals surface area contributed by atoms with Crippen LogP contribution in [0.4, 0.5) is 0 Å². The van der Waals surface area contributed by atoms with Crippen LogP contribution in [0.3, 0.4) is 0 Å². The molecule has 0 N–H and O–H groups in total. The molecule has 0 spiro atoms. The number of benzene rings is 1. The van der Waals surface area contributed by atoms with Gasteiger partial charge >= 0.3 is 0 Å². The van der Waals surface area contributed by atoms with Gasteiger partial charge in [0.1, 0.15) is 0 Å². The summed E-state index contributed by atoms with van der Waals surface area (Å²) in [7, 11) is -2.63. The zero-order chi connectivity index (χ0) is 11.6. The lowest BCUT2D eigenvalue weighted by molar-refractivity contribution is -0.124. The van der Waals surface area contributed by atoms with Crippen LogP contribution in [0.25, 0.3) is 0 Å². The van der Waals surface area contributed by atoms with Crippen LogP contribution in [0.15, 0.2) is 12.1 Å². The molecule has 80 valence electrons. The minimum absolute atomic E-state index is 0.139. The Balaban J connectivity index is 3.32. The van der Waals surface area contributed by atoms with Crippen molar-refractivity contribution in [3.63, 3.8) is 0 Å². The molecule has 0 fully saturated rings. The van der Waals surface area contributed by atoms with Crippen LogP contribution >= 0.6 is 7.80 Å². The Morgan fingerprint density at radius 1 is 1.20 bits per heavy atom. The van der Waals surface area contributed by atoms with Gasteiger partial charge in [-0.15, -0.1) is 0 Å². The van der Waals surface area contributed by atoms with Crippen molar-refractivity contribution in [3.05, 3.63) is 28.8 Å². The third kappa shape index (κ3) is 2.42. The van der Waals surface area contributed by atoms with E-state index >= 15 is 0 Å². The molecule has 1 aromatic rings. The molecule has 0 aliphatic carbocycles. The van der Waals surface area contributed by atoms with E-state index in [1.165, 1.54) is 0 Å². The lowest BCUT2D eigenvalue weighted by Gasteiger charge is -2.08. The van der Waals surface area contributed by atoms with Gasteiger partial charge < -0.3 is 4.57 Å². The van der Waals surface area contributed by atoms with E-state index in [4.69, 9.17) is 0 Å². The van der Waals surface area contributed by atoms with E-state index in [0.717, 1.165) is 16.7 Å². The summed E-state index contributed by atoms with van der Waals surface area (Å²) < 4.78 is 11.7. The van der Waals surface area contributed by atoms with Gasteiger partial charge in [0.05, 0.1) is 0 Å². The van der Waals surface area contributed by atoms with Crippen molar-refractivity contribution in [1.29, 1.82) is 0 Å². The van der Waals surface area contributed by atoms with Gasteiger partial charge in [0.25, 0.3) is 5.52 Å². The third-order valence-electron chi connectivity index (χ3n) is 2.23. The maximum Gasteiger partial charge on any atom is 0.254 e. The number of rotatable bonds is 3. The summed E-state index contributed by atoms with van der Waals surface area (Å²) in [5.41, 5.74) is 1.87. The highest BCUT2D eigenvalue weighted by atomic mass is 31.1. The molecule has 0 heterocycles. The molecular weight excluding hydrogens is 211 g/mol. The lowest BCUT2D eigenvalue weighted by Crippen LogP contribution is -2.12. The van der Waals surface area contributed by atoms with E-state index in [1.54, 1.807) is 13.8 Å². The molecule has 0 aromatic heterocycles. The fourth-order valence-electron chi connectivity index (χ4n) is 1.71. The topological polar surface area (TPSA) is 51.2 Å². The van der Waals surface area contributed by atoms with Gasteiger partial charge in [-0.2, -0.15) is 0 Å². The first-order valence-corrected chi connectivity index (χ1v) is 6.00. The summed E-state index contributed by atoms with van der Waals surface area (Å²) in [6, 6.07) is 3.73. The normalized spacial score (nSPS) is 12.2. The van der Waals surface area contributed by atoms with Gasteiger partial charge in [0, 0.05) is 5.30 Å². The summed E-state index contributed by atoms with van der Waals surface area (Å²) in [5, 5.41) is 0.530. The number of aldehydes is 1. The van der Waals surface area contributed by atoms with Crippen molar-refractivity contribution in [2.24, 2.45) is 0 Å². The number of aryl methyl sites for hydroxylation is 3. The monoisotopic (exact) mass is 224 g/mol. The number of hydrogen-bond acceptors (Lipinski definition) is 3. The maximum atomic E-state index is 11.7. The predicted molar refractivity (Wildman–Crippen MR) is 60.4 cm³/mol. The molecule has 0 bridgehead atoms. The summed E-state index contributed by atoms with van der Waals surface area (Å²) in [6.45, 7) is 5.54. The highest BCUT2D eigenvalue weighted by Gasteiger charge is 2.17. The van der Waals surface area contributed by atoms with Crippen LogP contribution in [-0.4, -0.2) is 11.8 Å². The zero-order valence-corrected chi connectivity index (χ0v) is 9.96. The van der Waals surface area contributed by atoms with Crippen LogP contribution < -0.4 is 5.30 Å². The van der Waals surface area contributed by atoms with Gasteiger partial charge in [0.2, 0.25) is 0 Å². The molecule has 1 aromatic carbocycles. The highest BCUT2D eigenvalue weighted by Crippen LogP contribution is 2.25. The minimum atomic E-state index is -2.63. The smallest absolute Gasteiger partial charge is 0.254 e. The summed E-state index contributed by atoms with van der Waals surface area (Å²) in [5.74, 6) is 0. The maximum absolute atomic E-state index is 11.7. The van der Waals surface area contributed by atoms with Gasteiger partial charge in [-0.25, -0.2) is 0 Å². The van der Waals surface area contributed by atoms with Crippen LogP contribution in [0.5, 0.6) is 0 Å². The fraction of sp³-hybridized carbons (Fsp3) is 0.273. The third-order valence-corrected chi connectivity index (χ3v) is 4.04. The van der Waals surface area contributed by atoms with E-state index in [-0.39, 0.29) is 6.29 Å². The Labute approximate surface area is 89.3 Å². The van der Waals surface area contributed by atoms with E-state index in [2.05, 4.69) is 0 Å². The van der Waals surface area contributed by atoms with Gasteiger partial charge in [0.15, 0.2) is 14.1 Å². The SMILES string of the molecule is Cc1cc(C)c([PH](=O)C(=O)C=O)c(C)c1. The molecule has 0 aliphatic rings. The second-order valence-electron chi connectivity index (χ2n) is 3.58. The molecule has 0 saturated heterocycles. The van der Waals surface area contributed by atoms with Gasteiger partial charge in [-0.05, 0) is 31.9 Å². The van der Waals surface area contributed by atoms with Crippen LogP contribution in [0, 0.1) is 20.8 Å². The van der Waals surface area contributed by atoms with Crippen molar-refractivity contribution in [3.8, 4) is 0 Å². The molecule has 0 amide bonds. The molecule has 1 rings (SSSR count). The van der Waals surface area contributed by atoms with E-state index < -0.39 is 13.3 Å². The lowest BCUT2D eigenvalue weighted by atomic mass is 10.1. The summed E-state index contributed by atoms with van der Waals surface area (Å²) in [4.78, 5) is 21.4. The van der Waals surface area contributed by atoms with Crippen molar-refractivity contribution < 1.29 is 14.2 Å². The van der Waals surface area contributed by atoms with Crippen LogP contribution in [0.1, 0.15) is 16.7 Å². The molecule has 0 radical (unpaired) electrons. The number of carbonyl (C=O) groups excluding carboxylic acids is 2. The second-order valence-corrected chi connectivity index (χ2v) is 5.24. The van der Waals surface area contributed by atoms with E-state index in [1.807, 2.05) is 19.1 Å². The van der Waals surface area contributed by atoms with Gasteiger partial charge in [-0.3, -0.25) is 9.59 Å². The van der Waals surface area contributed by atoms with Gasteiger partial charge in [-0.1, -0.05) is 17.7 Å². The van der Waals surface area contributed by atoms with E-state index in [9.17, 15) is 14.2 Å². The Hall–Kier alpha value is -1.21. The first kappa shape index (κ1) is 11.9. The highest BCUT2D eigenvalue weighted by molar-refractivity contribution is 7.73. The Bertz CT molecular complexity index is 426. The quantitative estimate of drug-likeness (QED) is 0.444. The fourth-order valence-corrected chi connectivity index (χ4v) is 2.93. The summed E-state index contributed by atoms with van der Waals surface area (Å²) >= 11 is 0. The molecule has 0 saturated carbocycles. The molecule has 1 unspecified atom stereocenters. The first-order valence-electron chi connectivity index (χ1n) is 4.59. The number of hydrogen-bond donors (Lipinski definition) is 0. The second kappa shape index (κ2) is 4.54. The minimum Gasteiger partial charge on any atom is -0.313 e. The average molecular weight is 224 g/mol. The predicted octanol–water partition coefficient (Wildman–Crippen LogP) is 1.52. The molecule has 0 aliphatic heterocycles. The molecule has 1 atom stereocenters. The van der Waals surface area contributed by atoms with Crippen molar-refractivity contribution >= 4 is 24.9 Å². The van der Waals surface area contributed by atoms with Crippen LogP contribution in [-0.2, 0) is 14.2 Å². The number of carbonyl (C=O) groups is 2. The van der Waals surface area contributed by atoms with E-state index in [0.29, 0.717) is 5.30 Å². The first-order chi connectivity index (χ1) is 6.97. The Morgan fingerprint density at radius 2 is 1.67 bits per heavy atom. The van der Waals surface area contributed by atoms with Crippen molar-refractivity contribution in [2.45, 2.75) is 20.8 Å². The largest absolute Gasteiger partial charge is 0.313 e. The Morgan fingerprint density at radius 3 is 2.07 bits per heavy atom. The molecular formula is C11H13O3P. The summed E-state index contributed by atoms with van der Waals surface area (Å²) in [6.07, 6.45) is 0.139. The van der Waals surface area contributed by atoms with Crippen molar-refractivity contribution in [2.75, 3.05) is 0 Å². The Kier molecular flexibility index (Phi) is 3.59.